The fraction of sp³-hybridized carbons (Fsp3) is 0.0303. The summed E-state index contributed by atoms with van der Waals surface area (Å²) in [6.45, 7) is 0. The minimum absolute atomic E-state index is 0.396. The molecule has 0 saturated carbocycles. The first-order valence-corrected chi connectivity index (χ1v) is 11.9. The van der Waals surface area contributed by atoms with Crippen LogP contribution in [0.2, 0.25) is 0 Å². The maximum absolute atomic E-state index is 9.78. The Morgan fingerprint density at radius 3 is 2.17 bits per heavy atom. The molecule has 0 amide bonds. The van der Waals surface area contributed by atoms with E-state index in [1.54, 1.807) is 12.3 Å². The maximum Gasteiger partial charge on any atom is 0.142 e. The van der Waals surface area contributed by atoms with Crippen molar-refractivity contribution in [1.82, 2.24) is 0 Å². The molecule has 35 heavy (non-hydrogen) atoms. The van der Waals surface area contributed by atoms with E-state index in [-0.39, 0.29) is 0 Å². The first kappa shape index (κ1) is 19.9. The average Bonchev–Trinajstić information content (AvgIpc) is 3.49. The molecule has 0 spiro atoms. The number of phenolic OH excluding ortho intramolecular Hbond substituents is 1. The van der Waals surface area contributed by atoms with Gasteiger partial charge in [0, 0.05) is 16.3 Å². The van der Waals surface area contributed by atoms with E-state index in [0.29, 0.717) is 5.75 Å². The van der Waals surface area contributed by atoms with Gasteiger partial charge in [-0.05, 0) is 74.3 Å². The van der Waals surface area contributed by atoms with Gasteiger partial charge >= 0.3 is 0 Å². The van der Waals surface area contributed by atoms with E-state index in [2.05, 4.69) is 78.9 Å². The fourth-order valence-electron chi connectivity index (χ4n) is 5.60. The third-order valence-electron chi connectivity index (χ3n) is 7.10. The summed E-state index contributed by atoms with van der Waals surface area (Å²) in [4.78, 5) is 0. The van der Waals surface area contributed by atoms with Crippen LogP contribution in [0, 0.1) is 0 Å². The lowest BCUT2D eigenvalue weighted by Crippen LogP contribution is -1.79. The molecule has 1 heterocycles. The van der Waals surface area contributed by atoms with Crippen LogP contribution in [0.15, 0.2) is 120 Å². The van der Waals surface area contributed by atoms with Crippen molar-refractivity contribution >= 4 is 43.3 Å². The zero-order chi connectivity index (χ0) is 23.4. The highest BCUT2D eigenvalue weighted by Crippen LogP contribution is 2.42. The molecule has 166 valence electrons. The highest BCUT2D eigenvalue weighted by Gasteiger charge is 2.20. The third-order valence-corrected chi connectivity index (χ3v) is 7.10. The van der Waals surface area contributed by atoms with Gasteiger partial charge in [-0.3, -0.25) is 0 Å². The normalized spacial score (nSPS) is 12.0. The van der Waals surface area contributed by atoms with E-state index in [0.717, 1.165) is 17.6 Å². The van der Waals surface area contributed by atoms with Gasteiger partial charge in [0.1, 0.15) is 11.3 Å². The Morgan fingerprint density at radius 1 is 0.571 bits per heavy atom. The Hall–Kier alpha value is -4.56. The highest BCUT2D eigenvalue weighted by atomic mass is 16.3. The van der Waals surface area contributed by atoms with Gasteiger partial charge in [-0.2, -0.15) is 0 Å². The van der Waals surface area contributed by atoms with Gasteiger partial charge < -0.3 is 9.52 Å². The lowest BCUT2D eigenvalue weighted by molar-refractivity contribution is 0.477. The number of fused-ring (bicyclic) bond motifs is 11. The van der Waals surface area contributed by atoms with Crippen LogP contribution in [0.25, 0.3) is 54.4 Å². The van der Waals surface area contributed by atoms with Gasteiger partial charge in [0.2, 0.25) is 0 Å². The number of rotatable bonds is 0. The van der Waals surface area contributed by atoms with Crippen molar-refractivity contribution in [2.75, 3.05) is 0 Å². The lowest BCUT2D eigenvalue weighted by atomic mass is 10.00. The second-order valence-corrected chi connectivity index (χ2v) is 9.07. The summed E-state index contributed by atoms with van der Waals surface area (Å²) in [7, 11) is 0. The number of aromatic hydroxyl groups is 1. The zero-order valence-electron chi connectivity index (χ0n) is 19.0. The van der Waals surface area contributed by atoms with Crippen molar-refractivity contribution in [3.63, 3.8) is 0 Å². The Morgan fingerprint density at radius 2 is 1.26 bits per heavy atom. The van der Waals surface area contributed by atoms with Crippen LogP contribution in [-0.4, -0.2) is 5.11 Å². The third kappa shape index (κ3) is 3.04. The van der Waals surface area contributed by atoms with Crippen molar-refractivity contribution in [3.8, 4) is 16.9 Å². The number of benzene rings is 5. The molecule has 0 atom stereocenters. The topological polar surface area (TPSA) is 33.4 Å². The quantitative estimate of drug-likeness (QED) is 0.234. The van der Waals surface area contributed by atoms with Gasteiger partial charge in [-0.15, -0.1) is 0 Å². The molecule has 0 saturated heterocycles. The molecule has 8 rings (SSSR count). The molecule has 1 aliphatic rings. The highest BCUT2D eigenvalue weighted by molar-refractivity contribution is 6.32. The first-order valence-electron chi connectivity index (χ1n) is 11.9. The van der Waals surface area contributed by atoms with Crippen LogP contribution in [0.1, 0.15) is 11.1 Å². The smallest absolute Gasteiger partial charge is 0.142 e. The fourth-order valence-corrected chi connectivity index (χ4v) is 5.60. The Kier molecular flexibility index (Phi) is 4.40. The maximum atomic E-state index is 9.78. The first-order chi connectivity index (χ1) is 17.3. The predicted octanol–water partition coefficient (Wildman–Crippen LogP) is 8.86. The monoisotopic (exact) mass is 450 g/mol. The molecule has 1 N–H and O–H groups in total. The molecular weight excluding hydrogens is 428 g/mol. The standard InChI is InChI=1S/C20H12O.C13H10O/c1-2-7-14-13(6-1)12-18-17-10-5-11-21-20(17)16-9-4-3-8-15(16)19(14)18;14-12-7-3-5-10-8-9-4-1-2-6-11(9)13(10)12/h1-12H;1-7,14H,8H2. The minimum atomic E-state index is 0.396. The summed E-state index contributed by atoms with van der Waals surface area (Å²) in [5, 5.41) is 18.6. The molecule has 0 bridgehead atoms. The van der Waals surface area contributed by atoms with Crippen molar-refractivity contribution < 1.29 is 9.52 Å². The van der Waals surface area contributed by atoms with Gasteiger partial charge in [-0.1, -0.05) is 84.9 Å². The van der Waals surface area contributed by atoms with E-state index >= 15 is 0 Å². The number of phenols is 1. The average molecular weight is 451 g/mol. The Bertz CT molecular complexity index is 1890. The lowest BCUT2D eigenvalue weighted by Gasteiger charge is -2.06. The van der Waals surface area contributed by atoms with E-state index in [1.165, 1.54) is 54.4 Å². The molecule has 7 aromatic rings. The summed E-state index contributed by atoms with van der Waals surface area (Å²) >= 11 is 0. The molecule has 0 unspecified atom stereocenters. The Labute approximate surface area is 202 Å². The molecular formula is C33H22O2. The summed E-state index contributed by atoms with van der Waals surface area (Å²) < 4.78 is 5.83. The molecule has 0 aliphatic heterocycles. The van der Waals surface area contributed by atoms with E-state index in [4.69, 9.17) is 4.42 Å². The minimum Gasteiger partial charge on any atom is -0.507 e. The number of hydrogen-bond donors (Lipinski definition) is 1. The molecule has 1 aliphatic carbocycles. The van der Waals surface area contributed by atoms with Crippen LogP contribution >= 0.6 is 0 Å². The van der Waals surface area contributed by atoms with Crippen molar-refractivity contribution in [2.45, 2.75) is 6.42 Å². The largest absolute Gasteiger partial charge is 0.507 e. The van der Waals surface area contributed by atoms with E-state index < -0.39 is 0 Å². The molecule has 0 radical (unpaired) electrons. The second-order valence-electron chi connectivity index (χ2n) is 9.07. The van der Waals surface area contributed by atoms with Gasteiger partial charge in [0.25, 0.3) is 0 Å². The molecule has 6 aromatic carbocycles. The summed E-state index contributed by atoms with van der Waals surface area (Å²) in [5.74, 6) is 0.396. The summed E-state index contributed by atoms with van der Waals surface area (Å²) in [6, 6.07) is 37.4. The van der Waals surface area contributed by atoms with Gasteiger partial charge in [-0.25, -0.2) is 0 Å². The van der Waals surface area contributed by atoms with Crippen LogP contribution in [0.3, 0.4) is 0 Å². The van der Waals surface area contributed by atoms with Gasteiger partial charge in [0.05, 0.1) is 6.26 Å². The SMILES string of the molecule is Oc1cccc2c1-c1ccccc1C2.c1ccc2c(c1)cc1c3cccoc3c3ccccc3c21. The van der Waals surface area contributed by atoms with Crippen molar-refractivity contribution in [2.24, 2.45) is 0 Å². The van der Waals surface area contributed by atoms with Crippen molar-refractivity contribution in [3.05, 3.63) is 127 Å². The summed E-state index contributed by atoms with van der Waals surface area (Å²) in [6.07, 6.45) is 2.70. The van der Waals surface area contributed by atoms with Crippen LogP contribution in [-0.2, 0) is 6.42 Å². The van der Waals surface area contributed by atoms with Crippen LogP contribution in [0.4, 0.5) is 0 Å². The second kappa shape index (κ2) is 7.75. The van der Waals surface area contributed by atoms with E-state index in [9.17, 15) is 5.11 Å². The molecule has 2 nitrogen and oxygen atoms in total. The molecule has 2 heteroatoms. The van der Waals surface area contributed by atoms with Gasteiger partial charge in [0.15, 0.2) is 0 Å². The van der Waals surface area contributed by atoms with Crippen LogP contribution in [0.5, 0.6) is 5.75 Å². The zero-order valence-corrected chi connectivity index (χ0v) is 19.0. The van der Waals surface area contributed by atoms with Crippen molar-refractivity contribution in [1.29, 1.82) is 0 Å². The predicted molar refractivity (Wildman–Crippen MR) is 145 cm³/mol. The number of hydrogen-bond acceptors (Lipinski definition) is 2. The summed E-state index contributed by atoms with van der Waals surface area (Å²) in [5.41, 5.74) is 5.70. The van der Waals surface area contributed by atoms with Crippen LogP contribution < -0.4 is 0 Å². The molecule has 0 fully saturated rings. The molecule has 1 aromatic heterocycles. The van der Waals surface area contributed by atoms with E-state index in [1.807, 2.05) is 24.3 Å². The Balaban J connectivity index is 0.000000131.